The Morgan fingerprint density at radius 2 is 2.00 bits per heavy atom. The maximum Gasteiger partial charge on any atom is 0.253 e. The molecule has 1 aromatic carbocycles. The molecule has 1 aliphatic rings. The van der Waals surface area contributed by atoms with Crippen LogP contribution in [0.3, 0.4) is 0 Å². The predicted octanol–water partition coefficient (Wildman–Crippen LogP) is 1.76. The molecule has 1 aromatic rings. The molecule has 2 rings (SSSR count). The molecule has 1 aliphatic heterocycles. The quantitative estimate of drug-likeness (QED) is 0.813. The van der Waals surface area contributed by atoms with Gasteiger partial charge in [0.1, 0.15) is 6.17 Å². The van der Waals surface area contributed by atoms with Crippen molar-refractivity contribution in [1.29, 1.82) is 0 Å². The van der Waals surface area contributed by atoms with Crippen molar-refractivity contribution in [3.05, 3.63) is 60.3 Å². The van der Waals surface area contributed by atoms with Crippen molar-refractivity contribution >= 4 is 5.91 Å². The van der Waals surface area contributed by atoms with E-state index in [2.05, 4.69) is 5.32 Å². The van der Waals surface area contributed by atoms with Gasteiger partial charge < -0.3 is 10.2 Å². The van der Waals surface area contributed by atoms with Crippen LogP contribution < -0.4 is 5.32 Å². The first kappa shape index (κ1) is 10.5. The van der Waals surface area contributed by atoms with Gasteiger partial charge in [-0.15, -0.1) is 0 Å². The summed E-state index contributed by atoms with van der Waals surface area (Å²) in [7, 11) is 1.93. The van der Waals surface area contributed by atoms with Gasteiger partial charge >= 0.3 is 0 Å². The lowest BCUT2D eigenvalue weighted by molar-refractivity contribution is 0.0917. The van der Waals surface area contributed by atoms with Gasteiger partial charge in [0.15, 0.2) is 0 Å². The molecule has 0 fully saturated rings. The largest absolute Gasteiger partial charge is 0.357 e. The average Bonchev–Trinajstić information content (AvgIpc) is 2.33. The molecule has 3 nitrogen and oxygen atoms in total. The zero-order chi connectivity index (χ0) is 11.4. The van der Waals surface area contributed by atoms with Gasteiger partial charge in [-0.2, -0.15) is 0 Å². The Labute approximate surface area is 95.1 Å². The summed E-state index contributed by atoms with van der Waals surface area (Å²) in [4.78, 5) is 13.8. The molecule has 1 N–H and O–H groups in total. The number of nitrogens with one attached hydrogen (secondary N) is 1. The van der Waals surface area contributed by atoms with E-state index in [0.717, 1.165) is 0 Å². The van der Waals surface area contributed by atoms with Crippen molar-refractivity contribution in [1.82, 2.24) is 10.2 Å². The second kappa shape index (κ2) is 4.66. The van der Waals surface area contributed by atoms with Crippen molar-refractivity contribution in [2.24, 2.45) is 0 Å². The van der Waals surface area contributed by atoms with E-state index in [9.17, 15) is 4.79 Å². The fourth-order valence-electron chi connectivity index (χ4n) is 1.54. The molecule has 0 aliphatic carbocycles. The molecule has 16 heavy (non-hydrogen) atoms. The van der Waals surface area contributed by atoms with Gasteiger partial charge in [-0.05, 0) is 24.3 Å². The average molecular weight is 214 g/mol. The third kappa shape index (κ3) is 2.31. The normalized spacial score (nSPS) is 18.6. The molecule has 0 bridgehead atoms. The summed E-state index contributed by atoms with van der Waals surface area (Å²) in [5.41, 5.74) is 0.679. The fraction of sp³-hybridized carbons (Fsp3) is 0.154. The molecule has 1 heterocycles. The number of rotatable bonds is 2. The number of likely N-dealkylation sites (N-methyl/N-ethyl adjacent to an activating group) is 1. The molecule has 3 heteroatoms. The number of hydrogen-bond acceptors (Lipinski definition) is 2. The highest BCUT2D eigenvalue weighted by molar-refractivity contribution is 5.94. The van der Waals surface area contributed by atoms with Gasteiger partial charge in [-0.25, -0.2) is 0 Å². The zero-order valence-corrected chi connectivity index (χ0v) is 9.13. The minimum atomic E-state index is -0.0716. The monoisotopic (exact) mass is 214 g/mol. The highest BCUT2D eigenvalue weighted by atomic mass is 16.1. The molecule has 0 radical (unpaired) electrons. The van der Waals surface area contributed by atoms with Gasteiger partial charge in [-0.1, -0.05) is 24.3 Å². The Morgan fingerprint density at radius 1 is 1.25 bits per heavy atom. The van der Waals surface area contributed by atoms with Gasteiger partial charge in [0.25, 0.3) is 5.91 Å². The van der Waals surface area contributed by atoms with E-state index in [1.807, 2.05) is 54.6 Å². The first-order valence-corrected chi connectivity index (χ1v) is 5.20. The second-order valence-corrected chi connectivity index (χ2v) is 3.68. The zero-order valence-electron chi connectivity index (χ0n) is 9.13. The summed E-state index contributed by atoms with van der Waals surface area (Å²) in [6, 6.07) is 9.21. The number of carbonyl (C=O) groups is 1. The maximum atomic E-state index is 11.9. The van der Waals surface area contributed by atoms with E-state index < -0.39 is 0 Å². The molecular formula is C13H14N2O. The minimum absolute atomic E-state index is 0.0580. The number of benzene rings is 1. The van der Waals surface area contributed by atoms with Crippen molar-refractivity contribution in [3.63, 3.8) is 0 Å². The number of nitrogens with zero attached hydrogens (tertiary/aromatic N) is 1. The van der Waals surface area contributed by atoms with Crippen LogP contribution in [0.2, 0.25) is 0 Å². The highest BCUT2D eigenvalue weighted by Gasteiger charge is 2.14. The smallest absolute Gasteiger partial charge is 0.253 e. The van der Waals surface area contributed by atoms with Gasteiger partial charge in [0, 0.05) is 18.8 Å². The van der Waals surface area contributed by atoms with Crippen LogP contribution in [-0.4, -0.2) is 24.0 Å². The van der Waals surface area contributed by atoms with Crippen LogP contribution in [0.1, 0.15) is 10.4 Å². The van der Waals surface area contributed by atoms with E-state index in [1.165, 1.54) is 0 Å². The van der Waals surface area contributed by atoms with Gasteiger partial charge in [0.2, 0.25) is 0 Å². The van der Waals surface area contributed by atoms with Crippen LogP contribution in [0, 0.1) is 0 Å². The van der Waals surface area contributed by atoms with Crippen LogP contribution in [0.5, 0.6) is 0 Å². The topological polar surface area (TPSA) is 32.3 Å². The molecule has 1 amide bonds. The lowest BCUT2D eigenvalue weighted by Crippen LogP contribution is -2.43. The highest BCUT2D eigenvalue weighted by Crippen LogP contribution is 2.05. The van der Waals surface area contributed by atoms with Crippen LogP contribution in [0.4, 0.5) is 0 Å². The van der Waals surface area contributed by atoms with Gasteiger partial charge in [0.05, 0.1) is 0 Å². The molecule has 0 aromatic heterocycles. The fourth-order valence-corrected chi connectivity index (χ4v) is 1.54. The Hall–Kier alpha value is -2.03. The van der Waals surface area contributed by atoms with Crippen molar-refractivity contribution < 1.29 is 4.79 Å². The van der Waals surface area contributed by atoms with Crippen LogP contribution >= 0.6 is 0 Å². The summed E-state index contributed by atoms with van der Waals surface area (Å²) < 4.78 is 0. The molecule has 0 saturated heterocycles. The third-order valence-corrected chi connectivity index (χ3v) is 2.48. The molecule has 82 valence electrons. The first-order valence-electron chi connectivity index (χ1n) is 5.20. The lowest BCUT2D eigenvalue weighted by atomic mass is 10.2. The standard InChI is InChI=1S/C13H14N2O/c1-15-10-6-5-9-12(15)14-13(16)11-7-3-2-4-8-11/h2-10,12H,1H3,(H,14,16). The van der Waals surface area contributed by atoms with Crippen molar-refractivity contribution in [2.45, 2.75) is 6.17 Å². The predicted molar refractivity (Wildman–Crippen MR) is 63.7 cm³/mol. The molecule has 0 spiro atoms. The van der Waals surface area contributed by atoms with Crippen LogP contribution in [0.25, 0.3) is 0 Å². The number of hydrogen-bond donors (Lipinski definition) is 1. The lowest BCUT2D eigenvalue weighted by Gasteiger charge is -2.26. The molecular weight excluding hydrogens is 200 g/mol. The van der Waals surface area contributed by atoms with E-state index in [-0.39, 0.29) is 12.1 Å². The summed E-state index contributed by atoms with van der Waals surface area (Å²) in [5, 5.41) is 2.93. The number of amides is 1. The second-order valence-electron chi connectivity index (χ2n) is 3.68. The Morgan fingerprint density at radius 3 is 2.69 bits per heavy atom. The minimum Gasteiger partial charge on any atom is -0.357 e. The van der Waals surface area contributed by atoms with Gasteiger partial charge in [-0.3, -0.25) is 4.79 Å². The summed E-state index contributed by atoms with van der Waals surface area (Å²) in [6.45, 7) is 0. The molecule has 1 atom stereocenters. The molecule has 1 unspecified atom stereocenters. The van der Waals surface area contributed by atoms with E-state index >= 15 is 0 Å². The Kier molecular flexibility index (Phi) is 3.05. The van der Waals surface area contributed by atoms with E-state index in [1.54, 1.807) is 12.1 Å². The Bertz CT molecular complexity index is 423. The van der Waals surface area contributed by atoms with Crippen LogP contribution in [-0.2, 0) is 0 Å². The van der Waals surface area contributed by atoms with Crippen molar-refractivity contribution in [2.75, 3.05) is 7.05 Å². The molecule has 0 saturated carbocycles. The third-order valence-electron chi connectivity index (χ3n) is 2.48. The summed E-state index contributed by atoms with van der Waals surface area (Å²) >= 11 is 0. The van der Waals surface area contributed by atoms with Crippen LogP contribution in [0.15, 0.2) is 54.8 Å². The Balaban J connectivity index is 2.03. The summed E-state index contributed by atoms with van der Waals surface area (Å²) in [6.07, 6.45) is 7.66. The van der Waals surface area contributed by atoms with E-state index in [4.69, 9.17) is 0 Å². The number of carbonyl (C=O) groups excluding carboxylic acids is 1. The summed E-state index contributed by atoms with van der Waals surface area (Å²) in [5.74, 6) is -0.0580. The van der Waals surface area contributed by atoms with Crippen molar-refractivity contribution in [3.8, 4) is 0 Å². The maximum absolute atomic E-state index is 11.9. The van der Waals surface area contributed by atoms with E-state index in [0.29, 0.717) is 5.56 Å². The SMILES string of the molecule is CN1C=CC=CC1NC(=O)c1ccccc1. The first-order chi connectivity index (χ1) is 7.77. The number of allylic oxidation sites excluding steroid dienone is 2.